The summed E-state index contributed by atoms with van der Waals surface area (Å²) in [5.74, 6) is -0.992. The maximum atomic E-state index is 13.6. The van der Waals surface area contributed by atoms with Crippen LogP contribution in [-0.4, -0.2) is 16.7 Å². The Morgan fingerprint density at radius 1 is 0.750 bits per heavy atom. The summed E-state index contributed by atoms with van der Waals surface area (Å²) in [6.45, 7) is 0. The van der Waals surface area contributed by atoms with Crippen molar-refractivity contribution in [2.75, 3.05) is 0 Å². The van der Waals surface area contributed by atoms with E-state index in [1.54, 1.807) is 66.7 Å². The zero-order valence-corrected chi connectivity index (χ0v) is 20.4. The summed E-state index contributed by atoms with van der Waals surface area (Å²) in [4.78, 5) is 31.8. The number of carbonyl (C=O) groups is 2. The molecular weight excluding hydrogens is 493 g/mol. The van der Waals surface area contributed by atoms with E-state index in [1.165, 1.54) is 0 Å². The van der Waals surface area contributed by atoms with Crippen LogP contribution in [0.5, 0.6) is 0 Å². The number of rotatable bonds is 6. The SMILES string of the molecule is O=C(O[C@H](C(=O)c1ccc(Cl)cc1)c1ccccc1)c1cc(-c2ccccc2Cl)nc2ccccc12. The topological polar surface area (TPSA) is 56.3 Å². The summed E-state index contributed by atoms with van der Waals surface area (Å²) >= 11 is 12.4. The van der Waals surface area contributed by atoms with Gasteiger partial charge in [-0.15, -0.1) is 0 Å². The molecule has 0 aliphatic heterocycles. The Kier molecular flexibility index (Phi) is 6.81. The number of halogens is 2. The largest absolute Gasteiger partial charge is 0.445 e. The zero-order chi connectivity index (χ0) is 25.1. The van der Waals surface area contributed by atoms with Crippen molar-refractivity contribution in [1.82, 2.24) is 4.98 Å². The van der Waals surface area contributed by atoms with Gasteiger partial charge in [0.1, 0.15) is 0 Å². The third kappa shape index (κ3) is 4.87. The number of hydrogen-bond donors (Lipinski definition) is 0. The van der Waals surface area contributed by atoms with Gasteiger partial charge in [-0.1, -0.05) is 89.9 Å². The van der Waals surface area contributed by atoms with Gasteiger partial charge in [0.15, 0.2) is 6.10 Å². The number of ether oxygens (including phenoxy) is 1. The van der Waals surface area contributed by atoms with Gasteiger partial charge in [0, 0.05) is 32.1 Å². The molecule has 1 heterocycles. The molecule has 1 atom stereocenters. The Morgan fingerprint density at radius 2 is 1.42 bits per heavy atom. The highest BCUT2D eigenvalue weighted by atomic mass is 35.5. The second kappa shape index (κ2) is 10.3. The van der Waals surface area contributed by atoms with Crippen molar-refractivity contribution in [3.05, 3.63) is 136 Å². The van der Waals surface area contributed by atoms with Crippen molar-refractivity contribution >= 4 is 45.9 Å². The Bertz CT molecular complexity index is 1570. The fourth-order valence-corrected chi connectivity index (χ4v) is 4.35. The molecule has 36 heavy (non-hydrogen) atoms. The number of Topliss-reactive ketones (excluding diaryl/α,β-unsaturated/α-hetero) is 1. The van der Waals surface area contributed by atoms with Gasteiger partial charge in [0.25, 0.3) is 0 Å². The van der Waals surface area contributed by atoms with Crippen LogP contribution in [-0.2, 0) is 4.74 Å². The van der Waals surface area contributed by atoms with Crippen molar-refractivity contribution < 1.29 is 14.3 Å². The average molecular weight is 512 g/mol. The van der Waals surface area contributed by atoms with Gasteiger partial charge in [0.05, 0.1) is 16.8 Å². The lowest BCUT2D eigenvalue weighted by atomic mass is 9.99. The number of aromatic nitrogens is 1. The predicted molar refractivity (Wildman–Crippen MR) is 143 cm³/mol. The molecule has 5 aromatic rings. The average Bonchev–Trinajstić information content (AvgIpc) is 2.92. The van der Waals surface area contributed by atoms with E-state index in [0.717, 1.165) is 0 Å². The van der Waals surface area contributed by atoms with Crippen LogP contribution in [0.15, 0.2) is 109 Å². The minimum Gasteiger partial charge on any atom is -0.445 e. The van der Waals surface area contributed by atoms with Crippen LogP contribution in [0, 0.1) is 0 Å². The van der Waals surface area contributed by atoms with Crippen LogP contribution in [0.4, 0.5) is 0 Å². The van der Waals surface area contributed by atoms with E-state index in [4.69, 9.17) is 32.9 Å². The molecule has 0 spiro atoms. The molecule has 0 amide bonds. The Morgan fingerprint density at radius 3 is 2.17 bits per heavy atom. The highest BCUT2D eigenvalue weighted by Gasteiger charge is 2.28. The number of nitrogens with zero attached hydrogens (tertiary/aromatic N) is 1. The van der Waals surface area contributed by atoms with Crippen LogP contribution in [0.1, 0.15) is 32.4 Å². The second-order valence-electron chi connectivity index (χ2n) is 8.12. The molecule has 0 saturated carbocycles. The lowest BCUT2D eigenvalue weighted by Gasteiger charge is -2.18. The van der Waals surface area contributed by atoms with E-state index in [1.807, 2.05) is 42.5 Å². The van der Waals surface area contributed by atoms with Crippen molar-refractivity contribution in [1.29, 1.82) is 0 Å². The smallest absolute Gasteiger partial charge is 0.339 e. The summed E-state index contributed by atoms with van der Waals surface area (Å²) in [5, 5.41) is 1.64. The summed E-state index contributed by atoms with van der Waals surface area (Å²) in [6, 6.07) is 31.7. The van der Waals surface area contributed by atoms with Gasteiger partial charge in [0.2, 0.25) is 5.78 Å². The number of hydrogen-bond acceptors (Lipinski definition) is 4. The van der Waals surface area contributed by atoms with Gasteiger partial charge in [-0.05, 0) is 42.5 Å². The molecule has 4 nitrogen and oxygen atoms in total. The number of para-hydroxylation sites is 1. The number of pyridine rings is 1. The normalized spacial score (nSPS) is 11.7. The van der Waals surface area contributed by atoms with Gasteiger partial charge < -0.3 is 4.74 Å². The van der Waals surface area contributed by atoms with Crippen molar-refractivity contribution in [3.8, 4) is 11.3 Å². The van der Waals surface area contributed by atoms with Crippen molar-refractivity contribution in [2.45, 2.75) is 6.10 Å². The lowest BCUT2D eigenvalue weighted by molar-refractivity contribution is 0.0282. The summed E-state index contributed by atoms with van der Waals surface area (Å²) in [6.07, 6.45) is -1.14. The van der Waals surface area contributed by atoms with Crippen LogP contribution in [0.3, 0.4) is 0 Å². The van der Waals surface area contributed by atoms with Gasteiger partial charge >= 0.3 is 5.97 Å². The second-order valence-corrected chi connectivity index (χ2v) is 8.96. The highest BCUT2D eigenvalue weighted by Crippen LogP contribution is 2.32. The first-order valence-electron chi connectivity index (χ1n) is 11.2. The first kappa shape index (κ1) is 23.7. The molecule has 1 aromatic heterocycles. The molecule has 0 radical (unpaired) electrons. The zero-order valence-electron chi connectivity index (χ0n) is 18.9. The van der Waals surface area contributed by atoms with Crippen molar-refractivity contribution in [3.63, 3.8) is 0 Å². The molecule has 0 aliphatic carbocycles. The van der Waals surface area contributed by atoms with E-state index >= 15 is 0 Å². The summed E-state index contributed by atoms with van der Waals surface area (Å²) in [5.41, 5.74) is 3.08. The first-order valence-corrected chi connectivity index (χ1v) is 12.0. The first-order chi connectivity index (χ1) is 17.5. The number of carbonyl (C=O) groups excluding carboxylic acids is 2. The maximum absolute atomic E-state index is 13.6. The molecule has 5 rings (SSSR count). The van der Waals surface area contributed by atoms with Gasteiger partial charge in [-0.3, -0.25) is 4.79 Å². The molecule has 176 valence electrons. The summed E-state index contributed by atoms with van der Waals surface area (Å²) in [7, 11) is 0. The van der Waals surface area contributed by atoms with Crippen LogP contribution in [0.25, 0.3) is 22.2 Å². The predicted octanol–water partition coefficient (Wildman–Crippen LogP) is 7.99. The third-order valence-electron chi connectivity index (χ3n) is 5.78. The molecule has 0 unspecified atom stereocenters. The third-order valence-corrected chi connectivity index (χ3v) is 6.36. The fourth-order valence-electron chi connectivity index (χ4n) is 3.99. The fraction of sp³-hybridized carbons (Fsp3) is 0.0333. The van der Waals surface area contributed by atoms with E-state index in [9.17, 15) is 9.59 Å². The number of benzene rings is 4. The highest BCUT2D eigenvalue weighted by molar-refractivity contribution is 6.33. The molecule has 0 saturated heterocycles. The molecule has 0 aliphatic rings. The van der Waals surface area contributed by atoms with E-state index in [2.05, 4.69) is 0 Å². The van der Waals surface area contributed by atoms with E-state index in [0.29, 0.717) is 48.9 Å². The Hall–Kier alpha value is -3.99. The Balaban J connectivity index is 1.58. The standard InChI is InChI=1S/C30H19Cl2NO3/c31-21-16-14-19(15-17-21)28(34)29(20-8-2-1-3-9-20)36-30(35)24-18-27(23-11-4-6-12-25(23)32)33-26-13-7-5-10-22(24)26/h1-18,29H/t29-/m0/s1. The number of esters is 1. The van der Waals surface area contributed by atoms with E-state index < -0.39 is 12.1 Å². The minimum absolute atomic E-state index is 0.292. The van der Waals surface area contributed by atoms with Crippen molar-refractivity contribution in [2.24, 2.45) is 0 Å². The molecule has 4 aromatic carbocycles. The van der Waals surface area contributed by atoms with E-state index in [-0.39, 0.29) is 5.78 Å². The lowest BCUT2D eigenvalue weighted by Crippen LogP contribution is -2.20. The van der Waals surface area contributed by atoms with Gasteiger partial charge in [-0.25, -0.2) is 9.78 Å². The van der Waals surface area contributed by atoms with Crippen LogP contribution < -0.4 is 0 Å². The quantitative estimate of drug-likeness (QED) is 0.171. The van der Waals surface area contributed by atoms with Gasteiger partial charge in [-0.2, -0.15) is 0 Å². The maximum Gasteiger partial charge on any atom is 0.339 e. The number of fused-ring (bicyclic) bond motifs is 1. The number of ketones is 1. The monoisotopic (exact) mass is 511 g/mol. The molecule has 0 fully saturated rings. The summed E-state index contributed by atoms with van der Waals surface area (Å²) < 4.78 is 5.92. The molecule has 6 heteroatoms. The molecule has 0 bridgehead atoms. The molecular formula is C30H19Cl2NO3. The minimum atomic E-state index is -1.14. The Labute approximate surface area is 218 Å². The van der Waals surface area contributed by atoms with Crippen LogP contribution >= 0.6 is 23.2 Å². The molecule has 0 N–H and O–H groups in total. The van der Waals surface area contributed by atoms with Crippen LogP contribution in [0.2, 0.25) is 10.0 Å².